The van der Waals surface area contributed by atoms with Crippen LogP contribution in [0.1, 0.15) is 52.7 Å². The number of rotatable bonds is 6. The van der Waals surface area contributed by atoms with Gasteiger partial charge in [-0.2, -0.15) is 0 Å². The lowest BCUT2D eigenvalue weighted by molar-refractivity contribution is 0.397. The fraction of sp³-hybridized carbons (Fsp3) is 0.500. The highest BCUT2D eigenvalue weighted by Gasteiger charge is 2.27. The van der Waals surface area contributed by atoms with E-state index in [-0.39, 0.29) is 0 Å². The van der Waals surface area contributed by atoms with Crippen LogP contribution in [0.15, 0.2) is 29.6 Å². The van der Waals surface area contributed by atoms with Crippen LogP contribution < -0.4 is 10.1 Å². The number of hydrogen-bond donors (Lipinski definition) is 1. The lowest BCUT2D eigenvalue weighted by Crippen LogP contribution is -2.21. The van der Waals surface area contributed by atoms with Crippen LogP contribution in [0.25, 0.3) is 0 Å². The molecule has 0 radical (unpaired) electrons. The molecule has 0 aliphatic heterocycles. The largest absolute Gasteiger partial charge is 0.496 e. The Hall–Kier alpha value is -1.32. The van der Waals surface area contributed by atoms with Gasteiger partial charge in [0, 0.05) is 17.3 Å². The van der Waals surface area contributed by atoms with E-state index in [2.05, 4.69) is 48.9 Å². The van der Waals surface area contributed by atoms with E-state index in [1.807, 2.05) is 11.3 Å². The number of hydrogen-bond acceptors (Lipinski definition) is 3. The second kappa shape index (κ2) is 7.50. The molecular formula is C20H27NOS. The van der Waals surface area contributed by atoms with E-state index in [0.717, 1.165) is 18.7 Å². The Morgan fingerprint density at radius 3 is 2.91 bits per heavy atom. The molecule has 1 N–H and O–H groups in total. The highest BCUT2D eigenvalue weighted by molar-refractivity contribution is 7.10. The van der Waals surface area contributed by atoms with Gasteiger partial charge in [-0.25, -0.2) is 0 Å². The fourth-order valence-electron chi connectivity index (χ4n) is 4.10. The zero-order valence-corrected chi connectivity index (χ0v) is 15.2. The summed E-state index contributed by atoms with van der Waals surface area (Å²) in [4.78, 5) is 1.51. The maximum Gasteiger partial charge on any atom is 0.122 e. The lowest BCUT2D eigenvalue weighted by Gasteiger charge is -2.31. The van der Waals surface area contributed by atoms with Crippen LogP contribution >= 0.6 is 11.3 Å². The zero-order valence-electron chi connectivity index (χ0n) is 14.4. The van der Waals surface area contributed by atoms with E-state index < -0.39 is 0 Å². The number of aryl methyl sites for hydroxylation is 1. The third-order valence-electron chi connectivity index (χ3n) is 5.10. The van der Waals surface area contributed by atoms with Crippen LogP contribution in [0.4, 0.5) is 0 Å². The van der Waals surface area contributed by atoms with Gasteiger partial charge in [0.05, 0.1) is 7.11 Å². The molecule has 23 heavy (non-hydrogen) atoms. The molecule has 1 aromatic heterocycles. The fourth-order valence-corrected chi connectivity index (χ4v) is 4.94. The van der Waals surface area contributed by atoms with Crippen LogP contribution in [-0.4, -0.2) is 20.7 Å². The minimum absolute atomic E-state index is 0.599. The summed E-state index contributed by atoms with van der Waals surface area (Å²) in [6.45, 7) is 3.31. The number of methoxy groups -OCH3 is 1. The van der Waals surface area contributed by atoms with Crippen molar-refractivity contribution in [3.8, 4) is 5.75 Å². The van der Waals surface area contributed by atoms with Gasteiger partial charge in [0.15, 0.2) is 0 Å². The van der Waals surface area contributed by atoms with Crippen molar-refractivity contribution in [1.29, 1.82) is 0 Å². The molecule has 0 bridgehead atoms. The SMILES string of the molecule is CNCC(CC1CCCc2c(OC)ccc(C)c21)c1cccs1. The van der Waals surface area contributed by atoms with E-state index in [9.17, 15) is 0 Å². The number of ether oxygens (including phenoxy) is 1. The third-order valence-corrected chi connectivity index (χ3v) is 6.14. The molecular weight excluding hydrogens is 302 g/mol. The Bertz CT molecular complexity index is 635. The number of nitrogens with one attached hydrogen (secondary N) is 1. The smallest absolute Gasteiger partial charge is 0.122 e. The monoisotopic (exact) mass is 329 g/mol. The van der Waals surface area contributed by atoms with Gasteiger partial charge in [0.1, 0.15) is 5.75 Å². The minimum atomic E-state index is 0.599. The van der Waals surface area contributed by atoms with E-state index in [1.165, 1.54) is 35.3 Å². The van der Waals surface area contributed by atoms with Gasteiger partial charge in [-0.05, 0) is 79.8 Å². The first-order valence-corrected chi connectivity index (χ1v) is 9.47. The Labute approximate surface area is 143 Å². The second-order valence-electron chi connectivity index (χ2n) is 6.57. The number of fused-ring (bicyclic) bond motifs is 1. The summed E-state index contributed by atoms with van der Waals surface area (Å²) in [6.07, 6.45) is 4.95. The molecule has 1 aliphatic carbocycles. The standard InChI is InChI=1S/C20H27NOS/c1-14-9-10-18(22-3)17-7-4-6-15(20(14)17)12-16(13-21-2)19-8-5-11-23-19/h5,8-11,15-16,21H,4,6-7,12-13H2,1-3H3. The quantitative estimate of drug-likeness (QED) is 0.815. The van der Waals surface area contributed by atoms with E-state index >= 15 is 0 Å². The molecule has 0 amide bonds. The second-order valence-corrected chi connectivity index (χ2v) is 7.55. The highest BCUT2D eigenvalue weighted by Crippen LogP contribution is 2.43. The molecule has 124 valence electrons. The van der Waals surface area contributed by atoms with Crippen LogP contribution in [0.5, 0.6) is 5.75 Å². The van der Waals surface area contributed by atoms with Crippen molar-refractivity contribution in [2.24, 2.45) is 0 Å². The maximum atomic E-state index is 5.63. The average Bonchev–Trinajstić information content (AvgIpc) is 3.09. The molecule has 2 nitrogen and oxygen atoms in total. The predicted octanol–water partition coefficient (Wildman–Crippen LogP) is 4.88. The molecule has 1 aliphatic rings. The normalized spacial score (nSPS) is 18.5. The van der Waals surface area contributed by atoms with Crippen LogP contribution in [-0.2, 0) is 6.42 Å². The molecule has 0 saturated carbocycles. The van der Waals surface area contributed by atoms with Crippen molar-refractivity contribution in [2.45, 2.75) is 44.4 Å². The Balaban J connectivity index is 1.90. The van der Waals surface area contributed by atoms with Crippen LogP contribution in [0.3, 0.4) is 0 Å². The van der Waals surface area contributed by atoms with Crippen molar-refractivity contribution >= 4 is 11.3 Å². The van der Waals surface area contributed by atoms with Crippen molar-refractivity contribution in [1.82, 2.24) is 5.32 Å². The van der Waals surface area contributed by atoms with Gasteiger partial charge < -0.3 is 10.1 Å². The Morgan fingerprint density at radius 2 is 2.22 bits per heavy atom. The Kier molecular flexibility index (Phi) is 5.39. The molecule has 3 heteroatoms. The first-order chi connectivity index (χ1) is 11.2. The summed E-state index contributed by atoms with van der Waals surface area (Å²) in [5.41, 5.74) is 4.45. The zero-order chi connectivity index (χ0) is 16.2. The highest BCUT2D eigenvalue weighted by atomic mass is 32.1. The molecule has 2 atom stereocenters. The summed E-state index contributed by atoms with van der Waals surface area (Å²) in [5, 5.41) is 5.58. The molecule has 0 spiro atoms. The first-order valence-electron chi connectivity index (χ1n) is 8.59. The van der Waals surface area contributed by atoms with Gasteiger partial charge >= 0.3 is 0 Å². The molecule has 3 rings (SSSR count). The summed E-state index contributed by atoms with van der Waals surface area (Å²) in [7, 11) is 3.85. The molecule has 1 heterocycles. The molecule has 2 aromatic rings. The van der Waals surface area contributed by atoms with Gasteiger partial charge in [-0.1, -0.05) is 12.1 Å². The average molecular weight is 330 g/mol. The first kappa shape index (κ1) is 16.5. The summed E-state index contributed by atoms with van der Waals surface area (Å²) < 4.78 is 5.63. The molecule has 2 unspecified atom stereocenters. The van der Waals surface area contributed by atoms with Crippen molar-refractivity contribution in [3.63, 3.8) is 0 Å². The number of likely N-dealkylation sites (N-methyl/N-ethyl adjacent to an activating group) is 1. The summed E-state index contributed by atoms with van der Waals surface area (Å²) in [5.74, 6) is 2.33. The summed E-state index contributed by atoms with van der Waals surface area (Å²) in [6, 6.07) is 8.83. The molecule has 0 fully saturated rings. The minimum Gasteiger partial charge on any atom is -0.496 e. The lowest BCUT2D eigenvalue weighted by atomic mass is 9.75. The summed E-state index contributed by atoms with van der Waals surface area (Å²) >= 11 is 1.89. The van der Waals surface area contributed by atoms with Gasteiger partial charge in [0.25, 0.3) is 0 Å². The van der Waals surface area contributed by atoms with E-state index in [0.29, 0.717) is 11.8 Å². The van der Waals surface area contributed by atoms with Crippen molar-refractivity contribution in [2.75, 3.05) is 20.7 Å². The maximum absolute atomic E-state index is 5.63. The van der Waals surface area contributed by atoms with Crippen molar-refractivity contribution < 1.29 is 4.74 Å². The van der Waals surface area contributed by atoms with Gasteiger partial charge in [-0.3, -0.25) is 0 Å². The topological polar surface area (TPSA) is 21.3 Å². The third kappa shape index (κ3) is 3.46. The van der Waals surface area contributed by atoms with E-state index in [4.69, 9.17) is 4.74 Å². The van der Waals surface area contributed by atoms with Gasteiger partial charge in [-0.15, -0.1) is 11.3 Å². The number of thiophene rings is 1. The Morgan fingerprint density at radius 1 is 1.35 bits per heavy atom. The number of benzene rings is 1. The molecule has 1 aromatic carbocycles. The van der Waals surface area contributed by atoms with Crippen LogP contribution in [0.2, 0.25) is 0 Å². The molecule has 0 saturated heterocycles. The predicted molar refractivity (Wildman–Crippen MR) is 99.0 cm³/mol. The van der Waals surface area contributed by atoms with Gasteiger partial charge in [0.2, 0.25) is 0 Å². The van der Waals surface area contributed by atoms with E-state index in [1.54, 1.807) is 12.7 Å². The van der Waals surface area contributed by atoms with Crippen LogP contribution in [0, 0.1) is 6.92 Å². The van der Waals surface area contributed by atoms with Crippen molar-refractivity contribution in [3.05, 3.63) is 51.2 Å².